The lowest BCUT2D eigenvalue weighted by molar-refractivity contribution is -0.130. The molecule has 1 fully saturated rings. The Morgan fingerprint density at radius 3 is 1.00 bits per heavy atom. The van der Waals surface area contributed by atoms with Crippen LogP contribution in [0.3, 0.4) is 0 Å². The van der Waals surface area contributed by atoms with Gasteiger partial charge in [-0.2, -0.15) is 0 Å². The predicted molar refractivity (Wildman–Crippen MR) is 174 cm³/mol. The quantitative estimate of drug-likeness (QED) is 0.166. The number of halogens is 2. The van der Waals surface area contributed by atoms with E-state index in [9.17, 15) is 4.79 Å². The van der Waals surface area contributed by atoms with Crippen LogP contribution >= 0.6 is 24.8 Å². The maximum absolute atomic E-state index is 14.0. The number of benzene rings is 4. The van der Waals surface area contributed by atoms with Crippen LogP contribution in [0, 0.1) is 11.8 Å². The summed E-state index contributed by atoms with van der Waals surface area (Å²) in [5.41, 5.74) is 5.19. The second-order valence-electron chi connectivity index (χ2n) is 11.0. The highest BCUT2D eigenvalue weighted by molar-refractivity contribution is 5.85. The van der Waals surface area contributed by atoms with Crippen LogP contribution in [0.25, 0.3) is 0 Å². The van der Waals surface area contributed by atoms with Crippen molar-refractivity contribution in [2.45, 2.75) is 45.4 Å². The molecule has 0 amide bonds. The van der Waals surface area contributed by atoms with Crippen LogP contribution < -0.4 is 0 Å². The van der Waals surface area contributed by atoms with Gasteiger partial charge in [-0.05, 0) is 35.1 Å². The number of ketones is 1. The molecule has 0 radical (unpaired) electrons. The molecule has 4 aromatic carbocycles. The fourth-order valence-electron chi connectivity index (χ4n) is 5.95. The highest BCUT2D eigenvalue weighted by Gasteiger charge is 2.33. The summed E-state index contributed by atoms with van der Waals surface area (Å²) in [5, 5.41) is 0. The van der Waals surface area contributed by atoms with Crippen molar-refractivity contribution in [1.29, 1.82) is 0 Å². The smallest absolute Gasteiger partial charge is 0.141 e. The van der Waals surface area contributed by atoms with Crippen molar-refractivity contribution < 1.29 is 4.79 Å². The number of Topliss-reactive ketones (excluding diaryl/α,β-unsaturated/α-hetero) is 1. The van der Waals surface area contributed by atoms with Crippen LogP contribution in [0.15, 0.2) is 121 Å². The van der Waals surface area contributed by atoms with Crippen LogP contribution in [0.2, 0.25) is 0 Å². The Hall–Kier alpha value is -2.95. The molecular formula is C36H42Cl2N2O. The summed E-state index contributed by atoms with van der Waals surface area (Å²) in [7, 11) is 0. The van der Waals surface area contributed by atoms with Gasteiger partial charge in [0.25, 0.3) is 0 Å². The Bertz CT molecular complexity index is 1090. The zero-order valence-electron chi connectivity index (χ0n) is 23.7. The van der Waals surface area contributed by atoms with Crippen LogP contribution in [0.1, 0.15) is 41.5 Å². The van der Waals surface area contributed by atoms with Gasteiger partial charge < -0.3 is 0 Å². The normalized spacial score (nSPS) is 16.7. The first kappa shape index (κ1) is 32.6. The van der Waals surface area contributed by atoms with E-state index in [0.29, 0.717) is 5.78 Å². The van der Waals surface area contributed by atoms with E-state index in [1.165, 1.54) is 22.3 Å². The predicted octanol–water partition coefficient (Wildman–Crippen LogP) is 8.22. The Morgan fingerprint density at radius 2 is 0.732 bits per heavy atom. The van der Waals surface area contributed by atoms with Crippen molar-refractivity contribution in [3.8, 4) is 0 Å². The van der Waals surface area contributed by atoms with E-state index in [0.717, 1.165) is 58.5 Å². The molecule has 1 aliphatic rings. The van der Waals surface area contributed by atoms with Crippen molar-refractivity contribution in [2.24, 2.45) is 11.8 Å². The second kappa shape index (κ2) is 17.1. The molecule has 216 valence electrons. The van der Waals surface area contributed by atoms with Gasteiger partial charge in [-0.3, -0.25) is 14.6 Å². The van der Waals surface area contributed by atoms with Crippen molar-refractivity contribution in [1.82, 2.24) is 9.80 Å². The van der Waals surface area contributed by atoms with Gasteiger partial charge in [-0.25, -0.2) is 0 Å². The third-order valence-electron chi connectivity index (χ3n) is 7.86. The first-order chi connectivity index (χ1) is 19.2. The maximum atomic E-state index is 14.0. The molecule has 0 heterocycles. The van der Waals surface area contributed by atoms with Crippen molar-refractivity contribution >= 4 is 30.6 Å². The molecule has 2 atom stereocenters. The fourth-order valence-corrected chi connectivity index (χ4v) is 5.95. The molecule has 5 heteroatoms. The zero-order chi connectivity index (χ0) is 26.7. The van der Waals surface area contributed by atoms with Gasteiger partial charge in [0.15, 0.2) is 0 Å². The molecule has 5 rings (SSSR count). The molecular weight excluding hydrogens is 547 g/mol. The van der Waals surface area contributed by atoms with E-state index in [1.54, 1.807) is 0 Å². The number of carbonyl (C=O) groups is 1. The van der Waals surface area contributed by atoms with Gasteiger partial charge >= 0.3 is 0 Å². The van der Waals surface area contributed by atoms with Crippen molar-refractivity contribution in [3.05, 3.63) is 144 Å². The van der Waals surface area contributed by atoms with E-state index in [1.807, 2.05) is 0 Å². The highest BCUT2D eigenvalue weighted by atomic mass is 35.5. The molecule has 1 aliphatic carbocycles. The summed E-state index contributed by atoms with van der Waals surface area (Å²) in [4.78, 5) is 18.9. The lowest BCUT2D eigenvalue weighted by Crippen LogP contribution is -2.42. The molecule has 2 unspecified atom stereocenters. The average molecular weight is 590 g/mol. The topological polar surface area (TPSA) is 23.6 Å². The minimum Gasteiger partial charge on any atom is -0.299 e. The standard InChI is InChI=1S/C36H40N2O.2ClH/c39-36-34(28-37(24-30-14-5-1-6-15-30)25-31-16-7-2-8-17-31)22-13-23-35(36)29-38(26-32-18-9-3-10-19-32)27-33-20-11-4-12-21-33;;/h1-12,14-21,34-35H,13,22-29H2;2*1H. The molecule has 0 bridgehead atoms. The number of nitrogens with zero attached hydrogens (tertiary/aromatic N) is 2. The lowest BCUT2D eigenvalue weighted by Gasteiger charge is -2.35. The second-order valence-corrected chi connectivity index (χ2v) is 11.0. The average Bonchev–Trinajstić information content (AvgIpc) is 2.97. The first-order valence-corrected chi connectivity index (χ1v) is 14.4. The first-order valence-electron chi connectivity index (χ1n) is 14.4. The molecule has 4 aromatic rings. The molecule has 0 spiro atoms. The number of hydrogen-bond acceptors (Lipinski definition) is 3. The zero-order valence-corrected chi connectivity index (χ0v) is 25.3. The van der Waals surface area contributed by atoms with E-state index in [4.69, 9.17) is 0 Å². The Kier molecular flexibility index (Phi) is 13.6. The minimum absolute atomic E-state index is 0. The van der Waals surface area contributed by atoms with Crippen LogP contribution in [0.5, 0.6) is 0 Å². The van der Waals surface area contributed by atoms with Crippen molar-refractivity contribution in [2.75, 3.05) is 13.1 Å². The molecule has 0 aliphatic heterocycles. The lowest BCUT2D eigenvalue weighted by atomic mass is 9.79. The summed E-state index contributed by atoms with van der Waals surface area (Å²) < 4.78 is 0. The molecule has 41 heavy (non-hydrogen) atoms. The number of carbonyl (C=O) groups excluding carboxylic acids is 1. The van der Waals surface area contributed by atoms with Gasteiger partial charge in [-0.15, -0.1) is 24.8 Å². The fraction of sp³-hybridized carbons (Fsp3) is 0.306. The highest BCUT2D eigenvalue weighted by Crippen LogP contribution is 2.29. The molecule has 3 nitrogen and oxygen atoms in total. The molecule has 0 aromatic heterocycles. The minimum atomic E-state index is 0. The van der Waals surface area contributed by atoms with Crippen molar-refractivity contribution in [3.63, 3.8) is 0 Å². The Labute approximate surface area is 258 Å². The third-order valence-corrected chi connectivity index (χ3v) is 7.86. The van der Waals surface area contributed by atoms with E-state index < -0.39 is 0 Å². The van der Waals surface area contributed by atoms with Gasteiger partial charge in [-0.1, -0.05) is 128 Å². The van der Waals surface area contributed by atoms with Crippen LogP contribution in [-0.4, -0.2) is 28.7 Å². The van der Waals surface area contributed by atoms with E-state index in [-0.39, 0.29) is 36.6 Å². The maximum Gasteiger partial charge on any atom is 0.141 e. The molecule has 1 saturated carbocycles. The van der Waals surface area contributed by atoms with E-state index in [2.05, 4.69) is 131 Å². The molecule has 0 N–H and O–H groups in total. The third kappa shape index (κ3) is 10.1. The van der Waals surface area contributed by atoms with Gasteiger partial charge in [0.2, 0.25) is 0 Å². The summed E-state index contributed by atoms with van der Waals surface area (Å²) >= 11 is 0. The van der Waals surface area contributed by atoms with E-state index >= 15 is 0 Å². The largest absolute Gasteiger partial charge is 0.299 e. The van der Waals surface area contributed by atoms with Gasteiger partial charge in [0.05, 0.1) is 0 Å². The monoisotopic (exact) mass is 588 g/mol. The summed E-state index contributed by atoms with van der Waals surface area (Å²) in [6, 6.07) is 42.6. The molecule has 0 saturated heterocycles. The number of hydrogen-bond donors (Lipinski definition) is 0. The van der Waals surface area contributed by atoms with Crippen LogP contribution in [-0.2, 0) is 31.0 Å². The SMILES string of the molecule is Cl.Cl.O=C1C(CN(Cc2ccccc2)Cc2ccccc2)CCCC1CN(Cc1ccccc1)Cc1ccccc1. The van der Waals surface area contributed by atoms with Crippen LogP contribution in [0.4, 0.5) is 0 Å². The Balaban J connectivity index is 0.00000231. The summed E-state index contributed by atoms with van der Waals surface area (Å²) in [6.07, 6.45) is 3.11. The summed E-state index contributed by atoms with van der Waals surface area (Å²) in [6.45, 7) is 5.07. The summed E-state index contributed by atoms with van der Waals surface area (Å²) in [5.74, 6) is 0.636. The number of rotatable bonds is 12. The van der Waals surface area contributed by atoms with Gasteiger partial charge in [0.1, 0.15) is 5.78 Å². The Morgan fingerprint density at radius 1 is 0.463 bits per heavy atom. The van der Waals surface area contributed by atoms with Gasteiger partial charge in [0, 0.05) is 51.1 Å².